The fourth-order valence-corrected chi connectivity index (χ4v) is 8.00. The van der Waals surface area contributed by atoms with Crippen LogP contribution in [0.25, 0.3) is 10.2 Å². The number of aliphatic hydroxyl groups excluding tert-OH is 1. The minimum absolute atomic E-state index is 0.0192. The molecule has 11 nitrogen and oxygen atoms in total. The van der Waals surface area contributed by atoms with Gasteiger partial charge in [-0.15, -0.1) is 23.1 Å². The fraction of sp³-hybridized carbons (Fsp3) is 0.306. The largest absolute Gasteiger partial charge is 0.507 e. The van der Waals surface area contributed by atoms with Crippen LogP contribution >= 0.6 is 34.7 Å². The van der Waals surface area contributed by atoms with Gasteiger partial charge in [0, 0.05) is 54.3 Å². The summed E-state index contributed by atoms with van der Waals surface area (Å²) in [7, 11) is 2.79. The van der Waals surface area contributed by atoms with Crippen LogP contribution in [0.1, 0.15) is 51.4 Å². The van der Waals surface area contributed by atoms with Crippen molar-refractivity contribution in [2.45, 2.75) is 36.2 Å². The Bertz CT molecular complexity index is 2010. The Hall–Kier alpha value is -4.59. The number of nitrogens with one attached hydrogen (secondary N) is 2. The van der Waals surface area contributed by atoms with Crippen LogP contribution in [0.4, 0.5) is 0 Å². The van der Waals surface area contributed by atoms with Crippen molar-refractivity contribution in [1.82, 2.24) is 15.6 Å². The number of para-hydroxylation sites is 1. The number of methoxy groups -OCH3 is 2. The van der Waals surface area contributed by atoms with E-state index in [4.69, 9.17) is 25.8 Å². The van der Waals surface area contributed by atoms with Crippen molar-refractivity contribution in [1.29, 1.82) is 0 Å². The van der Waals surface area contributed by atoms with Crippen molar-refractivity contribution >= 4 is 68.3 Å². The van der Waals surface area contributed by atoms with Crippen LogP contribution in [0.2, 0.25) is 5.02 Å². The van der Waals surface area contributed by atoms with Crippen molar-refractivity contribution in [2.24, 2.45) is 5.92 Å². The second kappa shape index (κ2) is 14.3. The van der Waals surface area contributed by atoms with Gasteiger partial charge in [-0.3, -0.25) is 19.2 Å². The van der Waals surface area contributed by atoms with Crippen molar-refractivity contribution in [3.63, 3.8) is 0 Å². The number of ketones is 2. The van der Waals surface area contributed by atoms with E-state index in [1.54, 1.807) is 19.1 Å². The summed E-state index contributed by atoms with van der Waals surface area (Å²) in [5.74, 6) is -3.81. The number of aliphatic hydroxyl groups is 1. The number of hydrogen-bond acceptors (Lipinski definition) is 11. The third-order valence-corrected chi connectivity index (χ3v) is 11.1. The van der Waals surface area contributed by atoms with Crippen molar-refractivity contribution in [2.75, 3.05) is 33.6 Å². The number of hydrogen-bond donors (Lipinski definition) is 3. The Morgan fingerprint density at radius 2 is 1.80 bits per heavy atom. The van der Waals surface area contributed by atoms with Crippen LogP contribution in [-0.4, -0.2) is 72.6 Å². The highest BCUT2D eigenvalue weighted by atomic mass is 35.5. The number of amides is 2. The van der Waals surface area contributed by atoms with Crippen LogP contribution in [0.3, 0.4) is 0 Å². The molecule has 50 heavy (non-hydrogen) atoms. The predicted molar refractivity (Wildman–Crippen MR) is 191 cm³/mol. The number of allylic oxidation sites excluding steroid dienone is 1. The Morgan fingerprint density at radius 3 is 2.48 bits per heavy atom. The van der Waals surface area contributed by atoms with Gasteiger partial charge in [0.25, 0.3) is 5.91 Å². The number of aromatic nitrogens is 1. The summed E-state index contributed by atoms with van der Waals surface area (Å²) in [6.07, 6.45) is 1.54. The van der Waals surface area contributed by atoms with Crippen LogP contribution in [0, 0.1) is 5.92 Å². The van der Waals surface area contributed by atoms with Crippen LogP contribution in [-0.2, 0) is 9.59 Å². The standard InChI is InChI=1S/C36H34ClN3O8S2/c1-18-15-23(41)28(32(43)36(18)33(44)29-24(46-2)17-25(47-3)30(37)31(29)48-36)21(19-9-11-20(49-4)12-10-19)16-27(42)38-13-14-39-34(45)35-40-22-7-5-6-8-26(22)50-35/h5-12,17-18,21,43H,13-16H2,1-4H3,(H,38,42)(H,39,45). The van der Waals surface area contributed by atoms with Gasteiger partial charge in [-0.25, -0.2) is 4.98 Å². The highest BCUT2D eigenvalue weighted by Crippen LogP contribution is 2.55. The number of thiazole rings is 1. The summed E-state index contributed by atoms with van der Waals surface area (Å²) in [5, 5.41) is 18.0. The summed E-state index contributed by atoms with van der Waals surface area (Å²) < 4.78 is 18.0. The molecule has 14 heteroatoms. The molecule has 1 aliphatic carbocycles. The molecule has 0 radical (unpaired) electrons. The predicted octanol–water partition coefficient (Wildman–Crippen LogP) is 6.14. The molecule has 3 unspecified atom stereocenters. The summed E-state index contributed by atoms with van der Waals surface area (Å²) in [5.41, 5.74) is -0.747. The molecule has 4 aromatic rings. The van der Waals surface area contributed by atoms with Gasteiger partial charge in [-0.2, -0.15) is 0 Å². The molecule has 260 valence electrons. The first kappa shape index (κ1) is 35.2. The molecule has 0 fully saturated rings. The van der Waals surface area contributed by atoms with Gasteiger partial charge in [-0.1, -0.05) is 42.8 Å². The summed E-state index contributed by atoms with van der Waals surface area (Å²) in [4.78, 5) is 59.6. The molecule has 2 aliphatic rings. The first-order valence-corrected chi connectivity index (χ1v) is 18.1. The minimum atomic E-state index is -1.99. The van der Waals surface area contributed by atoms with Gasteiger partial charge >= 0.3 is 0 Å². The third kappa shape index (κ3) is 6.18. The molecule has 1 aromatic heterocycles. The maximum Gasteiger partial charge on any atom is 0.280 e. The highest BCUT2D eigenvalue weighted by molar-refractivity contribution is 7.98. The molecule has 2 heterocycles. The second-order valence-corrected chi connectivity index (χ2v) is 14.2. The molecule has 0 bridgehead atoms. The topological polar surface area (TPSA) is 153 Å². The normalized spacial score (nSPS) is 18.9. The van der Waals surface area contributed by atoms with E-state index in [0.717, 1.165) is 15.1 Å². The maximum atomic E-state index is 14.3. The van der Waals surface area contributed by atoms with Crippen LogP contribution in [0.15, 0.2) is 70.8 Å². The lowest BCUT2D eigenvalue weighted by Gasteiger charge is -2.38. The average molecular weight is 736 g/mol. The number of halogens is 1. The quantitative estimate of drug-likeness (QED) is 0.121. The number of rotatable bonds is 11. The molecule has 0 saturated heterocycles. The van der Waals surface area contributed by atoms with Gasteiger partial charge < -0.3 is 30.0 Å². The lowest BCUT2D eigenvalue weighted by molar-refractivity contribution is -0.121. The zero-order chi connectivity index (χ0) is 35.7. The lowest BCUT2D eigenvalue weighted by Crippen LogP contribution is -2.53. The van der Waals surface area contributed by atoms with Gasteiger partial charge in [0.05, 0.1) is 24.4 Å². The van der Waals surface area contributed by atoms with Gasteiger partial charge in [-0.05, 0) is 36.1 Å². The summed E-state index contributed by atoms with van der Waals surface area (Å²) in [6, 6.07) is 16.2. The number of carbonyl (C=O) groups excluding carboxylic acids is 4. The fourth-order valence-electron chi connectivity index (χ4n) is 6.44. The number of ether oxygens (including phenoxy) is 3. The van der Waals surface area contributed by atoms with Gasteiger partial charge in [0.2, 0.25) is 17.3 Å². The number of benzene rings is 3. The van der Waals surface area contributed by atoms with E-state index in [9.17, 15) is 24.3 Å². The number of carbonyl (C=O) groups is 4. The van der Waals surface area contributed by atoms with E-state index in [1.165, 1.54) is 43.4 Å². The van der Waals surface area contributed by atoms with Gasteiger partial charge in [0.1, 0.15) is 22.1 Å². The smallest absolute Gasteiger partial charge is 0.280 e. The Kier molecular flexibility index (Phi) is 10.1. The zero-order valence-electron chi connectivity index (χ0n) is 27.6. The molecular weight excluding hydrogens is 702 g/mol. The van der Waals surface area contributed by atoms with E-state index in [0.29, 0.717) is 10.6 Å². The molecule has 3 N–H and O–H groups in total. The first-order chi connectivity index (χ1) is 24.0. The van der Waals surface area contributed by atoms with Gasteiger partial charge in [0.15, 0.2) is 22.3 Å². The maximum absolute atomic E-state index is 14.3. The van der Waals surface area contributed by atoms with Crippen LogP contribution < -0.4 is 24.8 Å². The number of Topliss-reactive ketones (excluding diaryl/α,β-unsaturated/α-hetero) is 2. The Balaban J connectivity index is 1.28. The van der Waals surface area contributed by atoms with Crippen LogP contribution in [0.5, 0.6) is 17.2 Å². The van der Waals surface area contributed by atoms with Crippen molar-refractivity contribution < 1.29 is 38.5 Å². The molecule has 3 atom stereocenters. The molecule has 2 amide bonds. The molecule has 1 spiro atoms. The van der Waals surface area contributed by atoms with Crippen molar-refractivity contribution in [3.05, 3.63) is 87.1 Å². The highest BCUT2D eigenvalue weighted by Gasteiger charge is 2.61. The molecular formula is C36H34ClN3O8S2. The first-order valence-electron chi connectivity index (χ1n) is 15.7. The third-order valence-electron chi connectivity index (χ3n) is 8.99. The van der Waals surface area contributed by atoms with E-state index in [2.05, 4.69) is 15.6 Å². The van der Waals surface area contributed by atoms with E-state index in [-0.39, 0.29) is 65.2 Å². The zero-order valence-corrected chi connectivity index (χ0v) is 30.0. The summed E-state index contributed by atoms with van der Waals surface area (Å²) >= 11 is 9.40. The molecule has 3 aromatic carbocycles. The number of thioether (sulfide) groups is 1. The lowest BCUT2D eigenvalue weighted by atomic mass is 9.69. The molecule has 1 aliphatic heterocycles. The monoisotopic (exact) mass is 735 g/mol. The SMILES string of the molecule is COc1cc(OC)c2c(c1Cl)OC1(C2=O)C(O)=C(C(CC(=O)NCCNC(=O)c2nc3ccccc3s2)c2ccc(SC)cc2)C(=O)CC1C. The Morgan fingerprint density at radius 1 is 1.10 bits per heavy atom. The number of fused-ring (bicyclic) bond motifs is 2. The van der Waals surface area contributed by atoms with E-state index in [1.807, 2.05) is 42.7 Å². The Labute approximate surface area is 301 Å². The number of nitrogens with zero attached hydrogens (tertiary/aromatic N) is 1. The molecule has 6 rings (SSSR count). The molecule has 0 saturated carbocycles. The second-order valence-electron chi connectivity index (χ2n) is 11.9. The summed E-state index contributed by atoms with van der Waals surface area (Å²) in [6.45, 7) is 1.88. The average Bonchev–Trinajstić information content (AvgIpc) is 3.69. The van der Waals surface area contributed by atoms with Crippen molar-refractivity contribution in [3.8, 4) is 17.2 Å². The van der Waals surface area contributed by atoms with E-state index >= 15 is 0 Å². The van der Waals surface area contributed by atoms with E-state index < -0.39 is 40.7 Å². The minimum Gasteiger partial charge on any atom is -0.507 e.